The molecule has 3 aromatic rings. The van der Waals surface area contributed by atoms with Crippen molar-refractivity contribution in [2.45, 2.75) is 4.90 Å². The van der Waals surface area contributed by atoms with Crippen molar-refractivity contribution in [2.24, 2.45) is 11.4 Å². The predicted molar refractivity (Wildman–Crippen MR) is 98.1 cm³/mol. The standard InChI is InChI=1S/C16H15ClN2O4S2/c1-19-12-8-13(22-2)14(23-3)9-15(12)24-16(19)18-25(20,21)11-6-4-10(17)5-7-11/h4-9H,1-3H3. The van der Waals surface area contributed by atoms with Gasteiger partial charge in [0.25, 0.3) is 10.0 Å². The minimum Gasteiger partial charge on any atom is -0.493 e. The Morgan fingerprint density at radius 2 is 1.68 bits per heavy atom. The van der Waals surface area contributed by atoms with Gasteiger partial charge in [-0.2, -0.15) is 8.42 Å². The number of thiazole rings is 1. The van der Waals surface area contributed by atoms with Crippen molar-refractivity contribution in [3.8, 4) is 11.5 Å². The quantitative estimate of drug-likeness (QED) is 0.676. The highest BCUT2D eigenvalue weighted by Crippen LogP contribution is 2.33. The van der Waals surface area contributed by atoms with Crippen LogP contribution in [0.4, 0.5) is 0 Å². The number of aryl methyl sites for hydroxylation is 1. The van der Waals surface area contributed by atoms with E-state index in [1.807, 2.05) is 0 Å². The first-order valence-electron chi connectivity index (χ1n) is 7.14. The summed E-state index contributed by atoms with van der Waals surface area (Å²) in [4.78, 5) is 0.435. The van der Waals surface area contributed by atoms with Crippen LogP contribution in [0.1, 0.15) is 0 Å². The zero-order chi connectivity index (χ0) is 18.2. The van der Waals surface area contributed by atoms with Crippen LogP contribution in [0.3, 0.4) is 0 Å². The number of rotatable bonds is 4. The van der Waals surface area contributed by atoms with Crippen LogP contribution in [0, 0.1) is 0 Å². The van der Waals surface area contributed by atoms with Gasteiger partial charge < -0.3 is 14.0 Å². The van der Waals surface area contributed by atoms with E-state index in [9.17, 15) is 8.42 Å². The zero-order valence-electron chi connectivity index (χ0n) is 13.7. The van der Waals surface area contributed by atoms with Crippen LogP contribution >= 0.6 is 22.9 Å². The lowest BCUT2D eigenvalue weighted by atomic mass is 10.3. The van der Waals surface area contributed by atoms with Crippen LogP contribution < -0.4 is 14.3 Å². The van der Waals surface area contributed by atoms with Crippen LogP contribution in [0.25, 0.3) is 10.2 Å². The molecular formula is C16H15ClN2O4S2. The molecule has 0 saturated heterocycles. The smallest absolute Gasteiger partial charge is 0.285 e. The fourth-order valence-electron chi connectivity index (χ4n) is 2.31. The number of benzene rings is 2. The van der Waals surface area contributed by atoms with E-state index in [-0.39, 0.29) is 4.90 Å². The van der Waals surface area contributed by atoms with Gasteiger partial charge in [0, 0.05) is 24.2 Å². The molecule has 0 unspecified atom stereocenters. The average molecular weight is 399 g/mol. The number of nitrogens with zero attached hydrogens (tertiary/aromatic N) is 2. The van der Waals surface area contributed by atoms with Gasteiger partial charge in [0.05, 0.1) is 29.3 Å². The van der Waals surface area contributed by atoms with E-state index in [1.54, 1.807) is 38.0 Å². The van der Waals surface area contributed by atoms with Gasteiger partial charge in [0.2, 0.25) is 4.80 Å². The summed E-state index contributed by atoms with van der Waals surface area (Å²) in [6.07, 6.45) is 0. The molecule has 0 fully saturated rings. The van der Waals surface area contributed by atoms with Crippen molar-refractivity contribution in [3.05, 3.63) is 46.2 Å². The van der Waals surface area contributed by atoms with Gasteiger partial charge in [-0.05, 0) is 24.3 Å². The van der Waals surface area contributed by atoms with E-state index in [1.165, 1.54) is 35.6 Å². The van der Waals surface area contributed by atoms with E-state index in [4.69, 9.17) is 21.1 Å². The Labute approximate surface area is 154 Å². The summed E-state index contributed by atoms with van der Waals surface area (Å²) in [6, 6.07) is 9.49. The highest BCUT2D eigenvalue weighted by molar-refractivity contribution is 7.90. The number of hydrogen-bond donors (Lipinski definition) is 0. The molecule has 0 amide bonds. The molecule has 0 radical (unpaired) electrons. The summed E-state index contributed by atoms with van der Waals surface area (Å²) in [5.74, 6) is 1.14. The molecule has 132 valence electrons. The number of sulfonamides is 1. The lowest BCUT2D eigenvalue weighted by Gasteiger charge is -2.07. The fourth-order valence-corrected chi connectivity index (χ4v) is 4.69. The zero-order valence-corrected chi connectivity index (χ0v) is 16.1. The maximum absolute atomic E-state index is 12.5. The first-order chi connectivity index (χ1) is 11.9. The number of aromatic nitrogens is 1. The summed E-state index contributed by atoms with van der Waals surface area (Å²) < 4.78 is 42.1. The molecule has 0 spiro atoms. The number of hydrogen-bond acceptors (Lipinski definition) is 5. The number of halogens is 1. The van der Waals surface area contributed by atoms with Gasteiger partial charge in [0.1, 0.15) is 0 Å². The lowest BCUT2D eigenvalue weighted by Crippen LogP contribution is -2.13. The lowest BCUT2D eigenvalue weighted by molar-refractivity contribution is 0.356. The normalized spacial score (nSPS) is 12.6. The summed E-state index contributed by atoms with van der Waals surface area (Å²) in [5.41, 5.74) is 0.799. The molecule has 0 atom stereocenters. The highest BCUT2D eigenvalue weighted by Gasteiger charge is 2.15. The van der Waals surface area contributed by atoms with Crippen LogP contribution in [0.15, 0.2) is 45.7 Å². The Morgan fingerprint density at radius 1 is 1.08 bits per heavy atom. The SMILES string of the molecule is COc1cc2sc(=NS(=O)(=O)c3ccc(Cl)cc3)n(C)c2cc1OC. The predicted octanol–water partition coefficient (Wildman–Crippen LogP) is 3.20. The van der Waals surface area contributed by atoms with Gasteiger partial charge in [-0.1, -0.05) is 22.9 Å². The van der Waals surface area contributed by atoms with Crippen molar-refractivity contribution in [1.29, 1.82) is 0 Å². The van der Waals surface area contributed by atoms with Gasteiger partial charge in [-0.15, -0.1) is 4.40 Å². The van der Waals surface area contributed by atoms with E-state index in [0.717, 1.165) is 10.2 Å². The molecule has 6 nitrogen and oxygen atoms in total. The van der Waals surface area contributed by atoms with E-state index in [0.29, 0.717) is 21.3 Å². The Bertz CT molecular complexity index is 1100. The van der Waals surface area contributed by atoms with Crippen LogP contribution in [-0.4, -0.2) is 27.2 Å². The monoisotopic (exact) mass is 398 g/mol. The Balaban J connectivity index is 2.19. The van der Waals surface area contributed by atoms with Crippen LogP contribution in [0.2, 0.25) is 5.02 Å². The number of methoxy groups -OCH3 is 2. The molecule has 25 heavy (non-hydrogen) atoms. The molecule has 3 rings (SSSR count). The molecule has 9 heteroatoms. The van der Waals surface area contributed by atoms with Crippen molar-refractivity contribution in [1.82, 2.24) is 4.57 Å². The maximum Gasteiger partial charge on any atom is 0.285 e. The Kier molecular flexibility index (Phi) is 4.77. The van der Waals surface area contributed by atoms with Crippen molar-refractivity contribution in [3.63, 3.8) is 0 Å². The van der Waals surface area contributed by atoms with Gasteiger partial charge in [-0.25, -0.2) is 0 Å². The summed E-state index contributed by atoms with van der Waals surface area (Å²) in [5, 5.41) is 0.463. The molecule has 0 saturated carbocycles. The third-order valence-corrected chi connectivity index (χ3v) is 6.37. The summed E-state index contributed by atoms with van der Waals surface area (Å²) in [6.45, 7) is 0. The molecule has 1 aromatic heterocycles. The van der Waals surface area contributed by atoms with Crippen molar-refractivity contribution >= 4 is 43.2 Å². The first kappa shape index (κ1) is 17.8. The Morgan fingerprint density at radius 3 is 2.28 bits per heavy atom. The Hall–Kier alpha value is -2.03. The molecule has 0 aliphatic rings. The third kappa shape index (κ3) is 3.37. The molecule has 2 aromatic carbocycles. The second kappa shape index (κ2) is 6.70. The summed E-state index contributed by atoms with van der Waals surface area (Å²) in [7, 11) is 1.01. The first-order valence-corrected chi connectivity index (χ1v) is 9.77. The maximum atomic E-state index is 12.5. The van der Waals surface area contributed by atoms with E-state index < -0.39 is 10.0 Å². The summed E-state index contributed by atoms with van der Waals surface area (Å²) >= 11 is 7.06. The molecule has 1 heterocycles. The molecular weight excluding hydrogens is 384 g/mol. The average Bonchev–Trinajstić information content (AvgIpc) is 2.88. The number of fused-ring (bicyclic) bond motifs is 1. The van der Waals surface area contributed by atoms with Crippen molar-refractivity contribution < 1.29 is 17.9 Å². The van der Waals surface area contributed by atoms with Crippen LogP contribution in [-0.2, 0) is 17.1 Å². The fraction of sp³-hybridized carbons (Fsp3) is 0.188. The second-order valence-corrected chi connectivity index (χ2v) is 8.19. The van der Waals surface area contributed by atoms with Gasteiger partial charge in [-0.3, -0.25) is 0 Å². The second-order valence-electron chi connectivity index (χ2n) is 5.14. The molecule has 0 bridgehead atoms. The molecule has 0 aliphatic heterocycles. The minimum absolute atomic E-state index is 0.0875. The topological polar surface area (TPSA) is 69.9 Å². The largest absolute Gasteiger partial charge is 0.493 e. The highest BCUT2D eigenvalue weighted by atomic mass is 35.5. The van der Waals surface area contributed by atoms with E-state index >= 15 is 0 Å². The van der Waals surface area contributed by atoms with E-state index in [2.05, 4.69) is 4.40 Å². The van der Waals surface area contributed by atoms with Gasteiger partial charge in [0.15, 0.2) is 11.5 Å². The van der Waals surface area contributed by atoms with Crippen LogP contribution in [0.5, 0.6) is 11.5 Å². The molecule has 0 N–H and O–H groups in total. The third-order valence-electron chi connectivity index (χ3n) is 3.62. The minimum atomic E-state index is -3.84. The van der Waals surface area contributed by atoms with Crippen molar-refractivity contribution in [2.75, 3.05) is 14.2 Å². The molecule has 0 aliphatic carbocycles. The van der Waals surface area contributed by atoms with Gasteiger partial charge >= 0.3 is 0 Å². The number of ether oxygens (including phenoxy) is 2.